The molecular weight excluding hydrogens is 308 g/mol. The molecule has 6 nitrogen and oxygen atoms in total. The van der Waals surface area contributed by atoms with Gasteiger partial charge in [0.05, 0.1) is 21.3 Å². The van der Waals surface area contributed by atoms with E-state index in [1.54, 1.807) is 27.4 Å². The highest BCUT2D eigenvalue weighted by atomic mass is 35.5. The molecule has 0 saturated carbocycles. The monoisotopic (exact) mass is 332 g/mol. The zero-order valence-electron chi connectivity index (χ0n) is 13.5. The molecule has 0 fully saturated rings. The van der Waals surface area contributed by atoms with Crippen LogP contribution in [0.2, 0.25) is 0 Å². The molecule has 1 atom stereocenters. The first-order valence-electron chi connectivity index (χ1n) is 6.83. The van der Waals surface area contributed by atoms with Gasteiger partial charge in [0.15, 0.2) is 11.5 Å². The van der Waals surface area contributed by atoms with Gasteiger partial charge in [-0.05, 0) is 25.5 Å². The highest BCUT2D eigenvalue weighted by Crippen LogP contribution is 2.39. The van der Waals surface area contributed by atoms with Crippen LogP contribution in [0.1, 0.15) is 25.3 Å². The molecule has 0 aliphatic carbocycles. The van der Waals surface area contributed by atoms with Gasteiger partial charge in [0, 0.05) is 24.6 Å². The van der Waals surface area contributed by atoms with Crippen molar-refractivity contribution in [2.45, 2.75) is 32.4 Å². The second kappa shape index (κ2) is 10.1. The van der Waals surface area contributed by atoms with E-state index in [-0.39, 0.29) is 24.4 Å². The number of methoxy groups -OCH3 is 3. The minimum Gasteiger partial charge on any atom is -0.493 e. The number of halogens is 1. The predicted octanol–water partition coefficient (Wildman–Crippen LogP) is 1.88. The fourth-order valence-corrected chi connectivity index (χ4v) is 1.94. The Morgan fingerprint density at radius 2 is 1.82 bits per heavy atom. The molecular formula is C15H25ClN2O4. The maximum Gasteiger partial charge on any atom is 0.220 e. The Bertz CT molecular complexity index is 481. The van der Waals surface area contributed by atoms with Crippen LogP contribution < -0.4 is 25.3 Å². The lowest BCUT2D eigenvalue weighted by atomic mass is 10.1. The fraction of sp³-hybridized carbons (Fsp3) is 0.533. The normalized spacial score (nSPS) is 11.1. The lowest BCUT2D eigenvalue weighted by molar-refractivity contribution is -0.121. The predicted molar refractivity (Wildman–Crippen MR) is 88.1 cm³/mol. The summed E-state index contributed by atoms with van der Waals surface area (Å²) in [5, 5.41) is 2.85. The Balaban J connectivity index is 0.00000441. The van der Waals surface area contributed by atoms with Gasteiger partial charge in [-0.1, -0.05) is 0 Å². The highest BCUT2D eigenvalue weighted by Gasteiger charge is 2.16. The van der Waals surface area contributed by atoms with Crippen LogP contribution in [0.4, 0.5) is 0 Å². The molecule has 1 aromatic carbocycles. The summed E-state index contributed by atoms with van der Waals surface area (Å²) in [5.41, 5.74) is 6.46. The van der Waals surface area contributed by atoms with Crippen LogP contribution in [-0.2, 0) is 11.3 Å². The van der Waals surface area contributed by atoms with Gasteiger partial charge in [-0.25, -0.2) is 0 Å². The minimum atomic E-state index is -0.0378. The van der Waals surface area contributed by atoms with Crippen LogP contribution in [0.3, 0.4) is 0 Å². The van der Waals surface area contributed by atoms with Crippen molar-refractivity contribution in [1.29, 1.82) is 0 Å². The van der Waals surface area contributed by atoms with Gasteiger partial charge >= 0.3 is 0 Å². The van der Waals surface area contributed by atoms with Crippen LogP contribution in [0.5, 0.6) is 17.2 Å². The SMILES string of the molecule is COc1ccc(CNC(=O)CCC(C)N)c(OC)c1OC.Cl. The Kier molecular flexibility index (Phi) is 9.37. The van der Waals surface area contributed by atoms with E-state index in [0.717, 1.165) is 5.56 Å². The molecule has 0 heterocycles. The third-order valence-corrected chi connectivity index (χ3v) is 3.09. The number of rotatable bonds is 8. The van der Waals surface area contributed by atoms with E-state index in [0.29, 0.717) is 36.6 Å². The van der Waals surface area contributed by atoms with Crippen LogP contribution >= 0.6 is 12.4 Å². The summed E-state index contributed by atoms with van der Waals surface area (Å²) in [6, 6.07) is 3.64. The van der Waals surface area contributed by atoms with Crippen molar-refractivity contribution in [3.63, 3.8) is 0 Å². The molecule has 0 radical (unpaired) electrons. The first-order valence-corrected chi connectivity index (χ1v) is 6.83. The number of hydrogen-bond donors (Lipinski definition) is 2. The maximum absolute atomic E-state index is 11.7. The van der Waals surface area contributed by atoms with E-state index < -0.39 is 0 Å². The standard InChI is InChI=1S/C15H24N2O4.ClH/c1-10(16)5-8-13(18)17-9-11-6-7-12(19-2)15(21-4)14(11)20-3;/h6-7,10H,5,8-9,16H2,1-4H3,(H,17,18);1H. The molecule has 0 aliphatic rings. The molecule has 1 aromatic rings. The number of carbonyl (C=O) groups is 1. The van der Waals surface area contributed by atoms with Crippen LogP contribution in [0.25, 0.3) is 0 Å². The Labute approximate surface area is 137 Å². The number of benzene rings is 1. The van der Waals surface area contributed by atoms with Gasteiger partial charge in [0.25, 0.3) is 0 Å². The quantitative estimate of drug-likeness (QED) is 0.759. The largest absolute Gasteiger partial charge is 0.493 e. The summed E-state index contributed by atoms with van der Waals surface area (Å²) >= 11 is 0. The number of hydrogen-bond acceptors (Lipinski definition) is 5. The van der Waals surface area contributed by atoms with Crippen molar-refractivity contribution in [2.75, 3.05) is 21.3 Å². The number of nitrogens with one attached hydrogen (secondary N) is 1. The average molecular weight is 333 g/mol. The third-order valence-electron chi connectivity index (χ3n) is 3.09. The summed E-state index contributed by atoms with van der Waals surface area (Å²) in [4.78, 5) is 11.7. The average Bonchev–Trinajstić information content (AvgIpc) is 2.49. The maximum atomic E-state index is 11.7. The van der Waals surface area contributed by atoms with Crippen LogP contribution in [0.15, 0.2) is 12.1 Å². The zero-order valence-corrected chi connectivity index (χ0v) is 14.3. The van der Waals surface area contributed by atoms with Gasteiger partial charge in [-0.2, -0.15) is 0 Å². The lowest BCUT2D eigenvalue weighted by Gasteiger charge is -2.16. The van der Waals surface area contributed by atoms with Gasteiger partial charge in [-0.3, -0.25) is 4.79 Å². The molecule has 0 saturated heterocycles. The number of amides is 1. The smallest absolute Gasteiger partial charge is 0.220 e. The third kappa shape index (κ3) is 5.61. The summed E-state index contributed by atoms with van der Waals surface area (Å²) in [5.74, 6) is 1.62. The number of carbonyl (C=O) groups excluding carboxylic acids is 1. The summed E-state index contributed by atoms with van der Waals surface area (Å²) in [6.45, 7) is 2.24. The van der Waals surface area contributed by atoms with Crippen LogP contribution in [-0.4, -0.2) is 33.3 Å². The van der Waals surface area contributed by atoms with Crippen LogP contribution in [0, 0.1) is 0 Å². The van der Waals surface area contributed by atoms with Gasteiger partial charge < -0.3 is 25.3 Å². The van der Waals surface area contributed by atoms with E-state index in [9.17, 15) is 4.79 Å². The van der Waals surface area contributed by atoms with Crippen molar-refractivity contribution in [1.82, 2.24) is 5.32 Å². The Morgan fingerprint density at radius 1 is 1.18 bits per heavy atom. The minimum absolute atomic E-state index is 0. The molecule has 22 heavy (non-hydrogen) atoms. The van der Waals surface area contributed by atoms with Crippen molar-refractivity contribution < 1.29 is 19.0 Å². The molecule has 0 spiro atoms. The molecule has 126 valence electrons. The van der Waals surface area contributed by atoms with Gasteiger partial charge in [-0.15, -0.1) is 12.4 Å². The van der Waals surface area contributed by atoms with E-state index in [1.807, 2.05) is 13.0 Å². The second-order valence-electron chi connectivity index (χ2n) is 4.79. The molecule has 3 N–H and O–H groups in total. The van der Waals surface area contributed by atoms with E-state index in [4.69, 9.17) is 19.9 Å². The molecule has 0 aliphatic heterocycles. The Morgan fingerprint density at radius 3 is 2.32 bits per heavy atom. The summed E-state index contributed by atoms with van der Waals surface area (Å²) in [6.07, 6.45) is 1.07. The first kappa shape index (κ1) is 20.3. The summed E-state index contributed by atoms with van der Waals surface area (Å²) < 4.78 is 15.9. The molecule has 1 rings (SSSR count). The molecule has 7 heteroatoms. The van der Waals surface area contributed by atoms with Crippen molar-refractivity contribution in [3.8, 4) is 17.2 Å². The zero-order chi connectivity index (χ0) is 15.8. The number of ether oxygens (including phenoxy) is 3. The van der Waals surface area contributed by atoms with E-state index >= 15 is 0 Å². The fourth-order valence-electron chi connectivity index (χ4n) is 1.94. The molecule has 0 aromatic heterocycles. The molecule has 1 unspecified atom stereocenters. The van der Waals surface area contributed by atoms with Crippen molar-refractivity contribution in [2.24, 2.45) is 5.73 Å². The topological polar surface area (TPSA) is 82.8 Å². The van der Waals surface area contributed by atoms with E-state index in [2.05, 4.69) is 5.32 Å². The van der Waals surface area contributed by atoms with Crippen molar-refractivity contribution in [3.05, 3.63) is 17.7 Å². The van der Waals surface area contributed by atoms with Gasteiger partial charge in [0.1, 0.15) is 0 Å². The van der Waals surface area contributed by atoms with Crippen molar-refractivity contribution >= 4 is 18.3 Å². The van der Waals surface area contributed by atoms with Gasteiger partial charge in [0.2, 0.25) is 11.7 Å². The summed E-state index contributed by atoms with van der Waals surface area (Å²) in [7, 11) is 4.66. The highest BCUT2D eigenvalue weighted by molar-refractivity contribution is 5.85. The second-order valence-corrected chi connectivity index (χ2v) is 4.79. The molecule has 0 bridgehead atoms. The lowest BCUT2D eigenvalue weighted by Crippen LogP contribution is -2.25. The van der Waals surface area contributed by atoms with E-state index in [1.165, 1.54) is 0 Å². The number of nitrogens with two attached hydrogens (primary N) is 1. The molecule has 1 amide bonds. The Hall–Kier alpha value is -1.66. The first-order chi connectivity index (χ1) is 10.0.